The van der Waals surface area contributed by atoms with Crippen LogP contribution in [-0.4, -0.2) is 24.2 Å². The molecule has 0 aliphatic heterocycles. The van der Waals surface area contributed by atoms with Crippen LogP contribution in [0.15, 0.2) is 152 Å². The average molecular weight is 1230 g/mol. The van der Waals surface area contributed by atoms with Crippen LogP contribution in [-0.2, 0) is 42.7 Å². The number of imidazole rings is 2. The van der Waals surface area contributed by atoms with Crippen molar-refractivity contribution in [3.8, 4) is 79.3 Å². The number of nitriles is 1. The zero-order valence-electron chi connectivity index (χ0n) is 49.6. The molecule has 10 rings (SSSR count). The molecule has 0 bridgehead atoms. The molecule has 8 aromatic carbocycles. The molecule has 0 spiro atoms. The van der Waals surface area contributed by atoms with Crippen LogP contribution in [0.1, 0.15) is 162 Å². The molecule has 410 valence electrons. The van der Waals surface area contributed by atoms with Crippen molar-refractivity contribution in [2.24, 2.45) is 0 Å². The monoisotopic (exact) mass is 1230 g/mol. The van der Waals surface area contributed by atoms with E-state index < -0.39 is 0 Å². The summed E-state index contributed by atoms with van der Waals surface area (Å²) in [5.74, 6) is 1.92. The smallest absolute Gasteiger partial charge is 0.148 e. The molecule has 0 fully saturated rings. The summed E-state index contributed by atoms with van der Waals surface area (Å²) in [5, 5.41) is 23.1. The van der Waals surface area contributed by atoms with E-state index in [0.717, 1.165) is 83.8 Å². The summed E-state index contributed by atoms with van der Waals surface area (Å²) in [6, 6.07) is 60.3. The van der Waals surface area contributed by atoms with Crippen LogP contribution in [0.5, 0.6) is 5.75 Å². The first kappa shape index (κ1) is 57.4. The van der Waals surface area contributed by atoms with E-state index in [-0.39, 0.29) is 60.3 Å². The van der Waals surface area contributed by atoms with Gasteiger partial charge in [0.05, 0.1) is 50.8 Å². The fraction of sp³-hybridized carbons (Fsp3) is 0.301. The van der Waals surface area contributed by atoms with Gasteiger partial charge >= 0.3 is 0 Å². The molecule has 0 aliphatic rings. The third-order valence-corrected chi connectivity index (χ3v) is 15.7. The number of para-hydroxylation sites is 1. The van der Waals surface area contributed by atoms with Crippen LogP contribution in [0.4, 0.5) is 0 Å². The van der Waals surface area contributed by atoms with Gasteiger partial charge in [-0.2, -0.15) is 5.26 Å². The van der Waals surface area contributed by atoms with Gasteiger partial charge in [0.15, 0.2) is 0 Å². The minimum absolute atomic E-state index is 0. The number of benzene rings is 8. The summed E-state index contributed by atoms with van der Waals surface area (Å²) in [6.45, 7) is 35.9. The molecule has 7 heteroatoms. The molecule has 0 amide bonds. The zero-order chi connectivity index (χ0) is 56.7. The van der Waals surface area contributed by atoms with Crippen molar-refractivity contribution in [1.82, 2.24) is 19.1 Å². The Morgan fingerprint density at radius 3 is 1.64 bits per heavy atom. The van der Waals surface area contributed by atoms with Gasteiger partial charge in [-0.1, -0.05) is 207 Å². The Kier molecular flexibility index (Phi) is 15.3. The number of fused-ring (bicyclic) bond motifs is 2. The quantitative estimate of drug-likeness (QED) is 0.146. The van der Waals surface area contributed by atoms with Crippen molar-refractivity contribution in [1.29, 1.82) is 5.26 Å². The number of hydrogen-bond donors (Lipinski definition) is 1. The predicted molar refractivity (Wildman–Crippen MR) is 331 cm³/mol. The number of phenols is 1. The Labute approximate surface area is 489 Å². The van der Waals surface area contributed by atoms with E-state index in [4.69, 9.17) is 9.97 Å². The Morgan fingerprint density at radius 1 is 0.487 bits per heavy atom. The largest absolute Gasteiger partial charge is 0.507 e. The Hall–Kier alpha value is -7.32. The van der Waals surface area contributed by atoms with Gasteiger partial charge in [-0.05, 0) is 127 Å². The van der Waals surface area contributed by atoms with E-state index in [1.165, 1.54) is 27.8 Å². The number of nitrogens with zero attached hydrogens (tertiary/aromatic N) is 5. The van der Waals surface area contributed by atoms with Crippen molar-refractivity contribution >= 4 is 22.1 Å². The summed E-state index contributed by atoms with van der Waals surface area (Å²) in [4.78, 5) is 11.3. The van der Waals surface area contributed by atoms with Gasteiger partial charge in [-0.15, -0.1) is 29.3 Å². The Morgan fingerprint density at radius 2 is 1.06 bits per heavy atom. The van der Waals surface area contributed by atoms with Crippen LogP contribution in [0.25, 0.3) is 89.6 Å². The van der Waals surface area contributed by atoms with E-state index in [9.17, 15) is 10.4 Å². The fourth-order valence-electron chi connectivity index (χ4n) is 11.0. The van der Waals surface area contributed by atoms with Crippen LogP contribution in [0.2, 0.25) is 0 Å². The summed E-state index contributed by atoms with van der Waals surface area (Å²) in [6.07, 6.45) is 0. The maximum atomic E-state index is 12.9. The molecule has 2 heterocycles. The first-order chi connectivity index (χ1) is 37.2. The molecule has 6 nitrogen and oxygen atoms in total. The number of phenolic OH excluding ortho intramolecular Hbond substituents is 1. The summed E-state index contributed by atoms with van der Waals surface area (Å²) < 4.78 is 4.62. The molecule has 1 N–H and O–H groups in total. The third-order valence-electron chi connectivity index (χ3n) is 15.7. The maximum absolute atomic E-state index is 12.9. The minimum atomic E-state index is -0.368. The van der Waals surface area contributed by atoms with E-state index in [1.807, 2.05) is 18.2 Å². The topological polar surface area (TPSA) is 79.7 Å². The van der Waals surface area contributed by atoms with Crippen molar-refractivity contribution in [3.05, 3.63) is 197 Å². The fourth-order valence-corrected chi connectivity index (χ4v) is 11.0. The number of aromatic hydroxyl groups is 1. The van der Waals surface area contributed by atoms with Gasteiger partial charge in [-0.25, -0.2) is 4.98 Å². The molecule has 0 aliphatic carbocycles. The third kappa shape index (κ3) is 10.7. The molecule has 0 unspecified atom stereocenters. The second kappa shape index (κ2) is 21.3. The molecule has 0 saturated carbocycles. The Balaban J connectivity index is 0.00000774. The first-order valence-corrected chi connectivity index (χ1v) is 28.1. The second-order valence-electron chi connectivity index (χ2n) is 26.4. The average Bonchev–Trinajstić information content (AvgIpc) is 4.21. The summed E-state index contributed by atoms with van der Waals surface area (Å²) >= 11 is 0. The molecule has 0 atom stereocenters. The molecule has 0 saturated heterocycles. The van der Waals surface area contributed by atoms with Crippen molar-refractivity contribution in [2.45, 2.75) is 144 Å². The minimum Gasteiger partial charge on any atom is -0.507 e. The van der Waals surface area contributed by atoms with E-state index >= 15 is 0 Å². The zero-order valence-corrected chi connectivity index (χ0v) is 51.9. The van der Waals surface area contributed by atoms with Crippen LogP contribution >= 0.6 is 0 Å². The SMILES string of the molecule is CC(C)c1cc(-c2ccccc2)cc(C(C)C)c1-n1c(-c2cc(C(C)(C)C)cc(C(C)(C)C)c2O)nc2c(-c3[c-]c(-c4nc5cc(C#N)ccc5n4-c4ccc(C(C)(C)C)cc4-c4ccccc4)cc(C(C)(C)C)c3)cccc21.[Pt]. The van der Waals surface area contributed by atoms with Gasteiger partial charge in [-0.3, -0.25) is 9.55 Å². The summed E-state index contributed by atoms with van der Waals surface area (Å²) in [5.41, 5.74) is 19.6. The number of hydrogen-bond acceptors (Lipinski definition) is 4. The van der Waals surface area contributed by atoms with Crippen LogP contribution < -0.4 is 0 Å². The molecule has 80 heavy (non-hydrogen) atoms. The molecule has 2 aromatic heterocycles. The Bertz CT molecular complexity index is 3980. The second-order valence-corrected chi connectivity index (χ2v) is 26.4. The predicted octanol–water partition coefficient (Wildman–Crippen LogP) is 19.5. The van der Waals surface area contributed by atoms with Gasteiger partial charge in [0.1, 0.15) is 11.6 Å². The van der Waals surface area contributed by atoms with Crippen molar-refractivity contribution in [2.75, 3.05) is 0 Å². The molecular weight excluding hydrogens is 1160 g/mol. The van der Waals surface area contributed by atoms with Crippen molar-refractivity contribution < 1.29 is 26.2 Å². The van der Waals surface area contributed by atoms with Crippen LogP contribution in [0, 0.1) is 17.4 Å². The molecular formula is C73H76N5OPt-. The van der Waals surface area contributed by atoms with Gasteiger partial charge in [0.2, 0.25) is 0 Å². The molecule has 0 radical (unpaired) electrons. The summed E-state index contributed by atoms with van der Waals surface area (Å²) in [7, 11) is 0. The number of rotatable bonds is 9. The first-order valence-electron chi connectivity index (χ1n) is 28.1. The number of aromatic nitrogens is 4. The van der Waals surface area contributed by atoms with Crippen LogP contribution in [0.3, 0.4) is 0 Å². The standard InChI is InChI=1S/C73H76N5O.Pt/c1-44(2)56-38-49(47-24-19-17-20-25-47)39-57(45(3)4)66(56)78-64-29-23-28-55(65(64)76-69(78)59-41-54(72(11,12)13)42-60(67(59)79)73(14,15)16)50-35-51(37-53(36-50)71(8,9)10)68-75-61-34-46(43-74)30-32-63(61)77(68)62-33-31-52(70(5,6)7)40-58(62)48-26-21-18-22-27-48;/h17-34,36-42,44-45,79H,1-16H3;/q-1;. The maximum Gasteiger partial charge on any atom is 0.148 e. The van der Waals surface area contributed by atoms with Crippen molar-refractivity contribution in [3.63, 3.8) is 0 Å². The van der Waals surface area contributed by atoms with Gasteiger partial charge in [0.25, 0.3) is 0 Å². The normalized spacial score (nSPS) is 12.4. The van der Waals surface area contributed by atoms with E-state index in [1.54, 1.807) is 0 Å². The van der Waals surface area contributed by atoms with Gasteiger partial charge < -0.3 is 9.67 Å². The molecule has 10 aromatic rings. The van der Waals surface area contributed by atoms with E-state index in [0.29, 0.717) is 17.0 Å². The van der Waals surface area contributed by atoms with E-state index in [2.05, 4.69) is 266 Å². The van der Waals surface area contributed by atoms with Gasteiger partial charge in [0, 0.05) is 37.9 Å².